The fourth-order valence-corrected chi connectivity index (χ4v) is 1.86. The van der Waals surface area contributed by atoms with Crippen molar-refractivity contribution in [1.82, 2.24) is 14.9 Å². The van der Waals surface area contributed by atoms with Crippen LogP contribution in [0.4, 0.5) is 5.69 Å². The standard InChI is InChI=1S/C15H18N6O/c1-22-14-5-2-4-13(10-14)20-15(19-11-16)18-6-3-8-21-9-7-17-12-21/h2,4-5,7,9-10,12H,3,6,8H2,1H3,(H2,18,19,20). The van der Waals surface area contributed by atoms with Gasteiger partial charge < -0.3 is 14.6 Å². The first-order chi connectivity index (χ1) is 10.8. The number of aliphatic imine (C=N–C) groups is 1. The maximum atomic E-state index is 8.80. The van der Waals surface area contributed by atoms with Gasteiger partial charge in [0.1, 0.15) is 5.75 Å². The number of nitrogens with one attached hydrogen (secondary N) is 2. The van der Waals surface area contributed by atoms with E-state index in [9.17, 15) is 0 Å². The lowest BCUT2D eigenvalue weighted by atomic mass is 10.3. The summed E-state index contributed by atoms with van der Waals surface area (Å²) in [5, 5.41) is 14.4. The minimum Gasteiger partial charge on any atom is -0.497 e. The molecule has 7 heteroatoms. The first kappa shape index (κ1) is 15.4. The van der Waals surface area contributed by atoms with Crippen LogP contribution in [0.15, 0.2) is 48.0 Å². The van der Waals surface area contributed by atoms with Crippen molar-refractivity contribution in [3.8, 4) is 11.9 Å². The van der Waals surface area contributed by atoms with E-state index < -0.39 is 0 Å². The number of hydrogen-bond donors (Lipinski definition) is 2. The van der Waals surface area contributed by atoms with E-state index in [0.29, 0.717) is 12.5 Å². The number of aryl methyl sites for hydroxylation is 1. The van der Waals surface area contributed by atoms with Gasteiger partial charge in [-0.1, -0.05) is 6.07 Å². The number of methoxy groups -OCH3 is 1. The lowest BCUT2D eigenvalue weighted by Crippen LogP contribution is -2.27. The molecular weight excluding hydrogens is 280 g/mol. The number of imidazole rings is 1. The minimum absolute atomic E-state index is 0.418. The van der Waals surface area contributed by atoms with Gasteiger partial charge in [-0.25, -0.2) is 4.98 Å². The van der Waals surface area contributed by atoms with Gasteiger partial charge >= 0.3 is 0 Å². The summed E-state index contributed by atoms with van der Waals surface area (Å²) in [7, 11) is 1.61. The van der Waals surface area contributed by atoms with E-state index in [4.69, 9.17) is 10.00 Å². The van der Waals surface area contributed by atoms with Crippen molar-refractivity contribution in [1.29, 1.82) is 5.26 Å². The third-order valence-corrected chi connectivity index (χ3v) is 2.91. The Hall–Kier alpha value is -3.01. The SMILES string of the molecule is COc1cccc(NC(=NCCCn2ccnc2)NC#N)c1. The highest BCUT2D eigenvalue weighted by Gasteiger charge is 2.00. The maximum Gasteiger partial charge on any atom is 0.209 e. The molecule has 0 bridgehead atoms. The number of anilines is 1. The molecule has 7 nitrogen and oxygen atoms in total. The molecule has 0 radical (unpaired) electrons. The van der Waals surface area contributed by atoms with Crippen molar-refractivity contribution in [2.75, 3.05) is 19.0 Å². The summed E-state index contributed by atoms with van der Waals surface area (Å²) < 4.78 is 7.15. The van der Waals surface area contributed by atoms with Gasteiger partial charge in [0.25, 0.3) is 0 Å². The van der Waals surface area contributed by atoms with Crippen LogP contribution < -0.4 is 15.4 Å². The monoisotopic (exact) mass is 298 g/mol. The smallest absolute Gasteiger partial charge is 0.209 e. The van der Waals surface area contributed by atoms with Crippen LogP contribution in [-0.2, 0) is 6.54 Å². The Bertz CT molecular complexity index is 644. The van der Waals surface area contributed by atoms with Crippen LogP contribution in [-0.4, -0.2) is 29.2 Å². The molecule has 0 fully saturated rings. The highest BCUT2D eigenvalue weighted by Crippen LogP contribution is 2.16. The average molecular weight is 298 g/mol. The van der Waals surface area contributed by atoms with Crippen molar-refractivity contribution in [3.63, 3.8) is 0 Å². The van der Waals surface area contributed by atoms with Gasteiger partial charge in [0.2, 0.25) is 5.96 Å². The number of hydrogen-bond acceptors (Lipinski definition) is 4. The van der Waals surface area contributed by atoms with E-state index >= 15 is 0 Å². The van der Waals surface area contributed by atoms with Crippen molar-refractivity contribution < 1.29 is 4.74 Å². The fraction of sp³-hybridized carbons (Fsp3) is 0.267. The second kappa shape index (κ2) is 8.32. The zero-order chi connectivity index (χ0) is 15.6. The molecule has 0 aliphatic rings. The van der Waals surface area contributed by atoms with Crippen LogP contribution in [0, 0.1) is 11.5 Å². The Balaban J connectivity index is 1.90. The molecule has 1 aromatic carbocycles. The highest BCUT2D eigenvalue weighted by atomic mass is 16.5. The molecule has 0 aliphatic heterocycles. The zero-order valence-electron chi connectivity index (χ0n) is 12.4. The molecule has 0 aliphatic carbocycles. The summed E-state index contributed by atoms with van der Waals surface area (Å²) >= 11 is 0. The van der Waals surface area contributed by atoms with Crippen molar-refractivity contribution in [3.05, 3.63) is 43.0 Å². The minimum atomic E-state index is 0.418. The number of aromatic nitrogens is 2. The predicted molar refractivity (Wildman–Crippen MR) is 84.5 cm³/mol. The molecule has 0 atom stereocenters. The largest absolute Gasteiger partial charge is 0.497 e. The van der Waals surface area contributed by atoms with Gasteiger partial charge in [0.05, 0.1) is 13.4 Å². The van der Waals surface area contributed by atoms with Gasteiger partial charge in [-0.15, -0.1) is 0 Å². The predicted octanol–water partition coefficient (Wildman–Crippen LogP) is 1.82. The second-order valence-electron chi connectivity index (χ2n) is 4.48. The normalized spacial score (nSPS) is 10.8. The van der Waals surface area contributed by atoms with Crippen LogP contribution in [0.1, 0.15) is 6.42 Å². The van der Waals surface area contributed by atoms with Crippen molar-refractivity contribution in [2.24, 2.45) is 4.99 Å². The number of guanidine groups is 1. The molecule has 0 spiro atoms. The molecule has 2 rings (SSSR count). The summed E-state index contributed by atoms with van der Waals surface area (Å²) in [5.74, 6) is 1.16. The number of benzene rings is 1. The molecule has 1 heterocycles. The highest BCUT2D eigenvalue weighted by molar-refractivity contribution is 5.94. The van der Waals surface area contributed by atoms with Gasteiger partial charge in [-0.2, -0.15) is 5.26 Å². The van der Waals surface area contributed by atoms with E-state index in [1.807, 2.05) is 41.2 Å². The summed E-state index contributed by atoms with van der Waals surface area (Å²) in [6.45, 7) is 1.43. The van der Waals surface area contributed by atoms with Crippen molar-refractivity contribution in [2.45, 2.75) is 13.0 Å². The lowest BCUT2D eigenvalue weighted by molar-refractivity contribution is 0.415. The van der Waals surface area contributed by atoms with E-state index in [1.165, 1.54) is 0 Å². The molecule has 0 unspecified atom stereocenters. The zero-order valence-corrected chi connectivity index (χ0v) is 12.4. The van der Waals surface area contributed by atoms with Crippen LogP contribution >= 0.6 is 0 Å². The molecular formula is C15H18N6O. The van der Waals surface area contributed by atoms with E-state index in [1.54, 1.807) is 19.6 Å². The number of nitrogens with zero attached hydrogens (tertiary/aromatic N) is 4. The Morgan fingerprint density at radius 1 is 1.50 bits per heavy atom. The third-order valence-electron chi connectivity index (χ3n) is 2.91. The molecule has 1 aromatic heterocycles. The average Bonchev–Trinajstić information content (AvgIpc) is 3.05. The quantitative estimate of drug-likeness (QED) is 0.279. The van der Waals surface area contributed by atoms with Crippen LogP contribution in [0.25, 0.3) is 0 Å². The molecule has 2 aromatic rings. The summed E-state index contributed by atoms with van der Waals surface area (Å²) in [5.41, 5.74) is 0.801. The van der Waals surface area contributed by atoms with Crippen LogP contribution in [0.2, 0.25) is 0 Å². The molecule has 0 amide bonds. The fourth-order valence-electron chi connectivity index (χ4n) is 1.86. The molecule has 22 heavy (non-hydrogen) atoms. The summed E-state index contributed by atoms with van der Waals surface area (Å²) in [6.07, 6.45) is 8.16. The summed E-state index contributed by atoms with van der Waals surface area (Å²) in [6, 6.07) is 7.43. The number of nitriles is 1. The summed E-state index contributed by atoms with van der Waals surface area (Å²) in [4.78, 5) is 8.35. The Morgan fingerprint density at radius 2 is 2.41 bits per heavy atom. The first-order valence-electron chi connectivity index (χ1n) is 6.88. The first-order valence-corrected chi connectivity index (χ1v) is 6.88. The van der Waals surface area contributed by atoms with Crippen LogP contribution in [0.3, 0.4) is 0 Å². The van der Waals surface area contributed by atoms with Gasteiger partial charge in [-0.3, -0.25) is 10.3 Å². The number of ether oxygens (including phenoxy) is 1. The third kappa shape index (κ3) is 4.83. The Kier molecular flexibility index (Phi) is 5.81. The van der Waals surface area contributed by atoms with Crippen molar-refractivity contribution >= 4 is 11.6 Å². The molecule has 114 valence electrons. The molecule has 0 saturated carbocycles. The van der Waals surface area contributed by atoms with E-state index in [2.05, 4.69) is 20.6 Å². The second-order valence-corrected chi connectivity index (χ2v) is 4.48. The maximum absolute atomic E-state index is 8.80. The van der Waals surface area contributed by atoms with Gasteiger partial charge in [-0.05, 0) is 18.6 Å². The molecule has 2 N–H and O–H groups in total. The Labute approximate surface area is 129 Å². The van der Waals surface area contributed by atoms with Gasteiger partial charge in [0, 0.05) is 37.2 Å². The van der Waals surface area contributed by atoms with Gasteiger partial charge in [0.15, 0.2) is 6.19 Å². The Morgan fingerprint density at radius 3 is 3.14 bits per heavy atom. The van der Waals surface area contributed by atoms with E-state index in [-0.39, 0.29) is 0 Å². The lowest BCUT2D eigenvalue weighted by Gasteiger charge is -2.09. The molecule has 0 saturated heterocycles. The van der Waals surface area contributed by atoms with E-state index in [0.717, 1.165) is 24.4 Å². The number of rotatable bonds is 6. The topological polar surface area (TPSA) is 87.3 Å². The van der Waals surface area contributed by atoms with Crippen LogP contribution in [0.5, 0.6) is 5.75 Å².